The Labute approximate surface area is 128 Å². The Morgan fingerprint density at radius 3 is 3.10 bits per heavy atom. The van der Waals surface area contributed by atoms with Gasteiger partial charge in [-0.25, -0.2) is 9.97 Å². The lowest BCUT2D eigenvalue weighted by Gasteiger charge is -1.93. The van der Waals surface area contributed by atoms with Crippen molar-refractivity contribution in [3.8, 4) is 0 Å². The number of rotatable bonds is 5. The minimum Gasteiger partial charge on any atom is -0.258 e. The zero-order chi connectivity index (χ0) is 14.8. The molecule has 3 aromatic rings. The number of non-ortho nitro benzene ring substituents is 1. The van der Waals surface area contributed by atoms with E-state index < -0.39 is 4.92 Å². The summed E-state index contributed by atoms with van der Waals surface area (Å²) in [5.41, 5.74) is 0.829. The van der Waals surface area contributed by atoms with Gasteiger partial charge in [0.15, 0.2) is 10.2 Å². The van der Waals surface area contributed by atoms with Crippen molar-refractivity contribution in [1.82, 2.24) is 19.2 Å². The van der Waals surface area contributed by atoms with Crippen LogP contribution < -0.4 is 0 Å². The first-order chi connectivity index (χ1) is 10.2. The molecule has 0 aliphatic carbocycles. The summed E-state index contributed by atoms with van der Waals surface area (Å²) in [7, 11) is 0. The van der Waals surface area contributed by atoms with Crippen molar-refractivity contribution < 1.29 is 4.92 Å². The topological polar surface area (TPSA) is 86.7 Å². The van der Waals surface area contributed by atoms with E-state index in [4.69, 9.17) is 0 Å². The number of thiazole rings is 1. The summed E-state index contributed by atoms with van der Waals surface area (Å²) in [6.45, 7) is 2.08. The first-order valence-corrected chi connectivity index (χ1v) is 7.88. The van der Waals surface area contributed by atoms with Crippen molar-refractivity contribution in [1.29, 1.82) is 0 Å². The summed E-state index contributed by atoms with van der Waals surface area (Å²) >= 11 is 2.76. The second-order valence-electron chi connectivity index (χ2n) is 4.29. The minimum absolute atomic E-state index is 0.0775. The second kappa shape index (κ2) is 5.78. The predicted molar refractivity (Wildman–Crippen MR) is 81.5 cm³/mol. The van der Waals surface area contributed by atoms with Crippen LogP contribution in [0.1, 0.15) is 19.2 Å². The van der Waals surface area contributed by atoms with Crippen molar-refractivity contribution in [2.45, 2.75) is 24.1 Å². The largest absolute Gasteiger partial charge is 0.270 e. The zero-order valence-electron chi connectivity index (χ0n) is 11.1. The van der Waals surface area contributed by atoms with Crippen LogP contribution in [-0.2, 0) is 6.42 Å². The van der Waals surface area contributed by atoms with Crippen molar-refractivity contribution in [2.75, 3.05) is 0 Å². The molecule has 9 heteroatoms. The van der Waals surface area contributed by atoms with Crippen molar-refractivity contribution in [3.63, 3.8) is 0 Å². The molecule has 0 saturated carbocycles. The molecule has 108 valence electrons. The molecule has 3 rings (SSSR count). The van der Waals surface area contributed by atoms with E-state index in [1.807, 2.05) is 0 Å². The van der Waals surface area contributed by atoms with Crippen molar-refractivity contribution in [2.24, 2.45) is 0 Å². The molecule has 7 nitrogen and oxygen atoms in total. The third-order valence-electron chi connectivity index (χ3n) is 2.73. The second-order valence-corrected chi connectivity index (χ2v) is 6.53. The number of benzene rings is 1. The number of nitrogens with zero attached hydrogens (tertiary/aromatic N) is 5. The summed E-state index contributed by atoms with van der Waals surface area (Å²) in [6, 6.07) is 4.67. The van der Waals surface area contributed by atoms with Gasteiger partial charge in [0.05, 0.1) is 15.1 Å². The standard InChI is InChI=1S/C12H11N5O2S2/c1-2-3-11-13-7-16(15-11)21-12-14-9-5-4-8(17(18)19)6-10(9)20-12/h4-7H,2-3H2,1H3. The van der Waals surface area contributed by atoms with Gasteiger partial charge < -0.3 is 0 Å². The van der Waals surface area contributed by atoms with Crippen LogP contribution in [0.25, 0.3) is 10.2 Å². The first kappa shape index (κ1) is 14.0. The van der Waals surface area contributed by atoms with Crippen LogP contribution in [0.15, 0.2) is 28.9 Å². The number of hydrogen-bond donors (Lipinski definition) is 0. The molecule has 0 spiro atoms. The molecule has 21 heavy (non-hydrogen) atoms. The lowest BCUT2D eigenvalue weighted by atomic mass is 10.3. The highest BCUT2D eigenvalue weighted by Crippen LogP contribution is 2.32. The molecule has 0 aliphatic heterocycles. The van der Waals surface area contributed by atoms with Gasteiger partial charge >= 0.3 is 0 Å². The van der Waals surface area contributed by atoms with Gasteiger partial charge in [-0.15, -0.1) is 16.4 Å². The van der Waals surface area contributed by atoms with Crippen LogP contribution in [0.4, 0.5) is 5.69 Å². The lowest BCUT2D eigenvalue weighted by Crippen LogP contribution is -1.90. The van der Waals surface area contributed by atoms with E-state index >= 15 is 0 Å². The number of nitro benzene ring substituents is 1. The number of nitro groups is 1. The highest BCUT2D eigenvalue weighted by molar-refractivity contribution is 7.99. The average Bonchev–Trinajstić information content (AvgIpc) is 3.04. The molecule has 0 N–H and O–H groups in total. The van der Waals surface area contributed by atoms with Gasteiger partial charge in [-0.2, -0.15) is 4.09 Å². The van der Waals surface area contributed by atoms with Crippen LogP contribution in [0.2, 0.25) is 0 Å². The molecule has 0 amide bonds. The highest BCUT2D eigenvalue weighted by atomic mass is 32.2. The van der Waals surface area contributed by atoms with E-state index in [9.17, 15) is 10.1 Å². The fourth-order valence-corrected chi connectivity index (χ4v) is 3.69. The quantitative estimate of drug-likeness (QED) is 0.529. The molecular formula is C12H11N5O2S2. The van der Waals surface area contributed by atoms with Gasteiger partial charge in [0.2, 0.25) is 0 Å². The third-order valence-corrected chi connectivity index (χ3v) is 4.62. The molecule has 0 unspecified atom stereocenters. The molecule has 0 atom stereocenters. The predicted octanol–water partition coefficient (Wildman–Crippen LogP) is 3.30. The van der Waals surface area contributed by atoms with Crippen LogP contribution in [0, 0.1) is 10.1 Å². The van der Waals surface area contributed by atoms with Gasteiger partial charge in [0.1, 0.15) is 6.33 Å². The van der Waals surface area contributed by atoms with Crippen molar-refractivity contribution in [3.05, 3.63) is 40.5 Å². The lowest BCUT2D eigenvalue weighted by molar-refractivity contribution is -0.384. The van der Waals surface area contributed by atoms with E-state index in [1.165, 1.54) is 29.4 Å². The molecule has 0 aliphatic rings. The van der Waals surface area contributed by atoms with Gasteiger partial charge in [-0.05, 0) is 12.5 Å². The number of aryl methyl sites for hydroxylation is 1. The number of fused-ring (bicyclic) bond motifs is 1. The van der Waals surface area contributed by atoms with E-state index in [0.717, 1.165) is 33.2 Å². The summed E-state index contributed by atoms with van der Waals surface area (Å²) in [5, 5.41) is 15.1. The Morgan fingerprint density at radius 2 is 2.33 bits per heavy atom. The number of aromatic nitrogens is 4. The van der Waals surface area contributed by atoms with Crippen LogP contribution in [0.5, 0.6) is 0 Å². The molecule has 0 saturated heterocycles. The average molecular weight is 321 g/mol. The van der Waals surface area contributed by atoms with Crippen LogP contribution in [0.3, 0.4) is 0 Å². The Balaban J connectivity index is 1.84. The first-order valence-electron chi connectivity index (χ1n) is 6.29. The van der Waals surface area contributed by atoms with E-state index in [2.05, 4.69) is 22.0 Å². The fraction of sp³-hybridized carbons (Fsp3) is 0.250. The zero-order valence-corrected chi connectivity index (χ0v) is 12.7. The third kappa shape index (κ3) is 3.03. The molecule has 0 bridgehead atoms. The normalized spacial score (nSPS) is 11.1. The maximum atomic E-state index is 10.8. The van der Waals surface area contributed by atoms with Gasteiger partial charge in [-0.3, -0.25) is 10.1 Å². The molecule has 0 radical (unpaired) electrons. The van der Waals surface area contributed by atoms with E-state index in [1.54, 1.807) is 22.5 Å². The van der Waals surface area contributed by atoms with Crippen LogP contribution >= 0.6 is 23.3 Å². The minimum atomic E-state index is -0.402. The molecule has 2 aromatic heterocycles. The van der Waals surface area contributed by atoms with Gasteiger partial charge in [0, 0.05) is 30.5 Å². The van der Waals surface area contributed by atoms with E-state index in [0.29, 0.717) is 0 Å². The molecule has 2 heterocycles. The molecule has 1 aromatic carbocycles. The smallest absolute Gasteiger partial charge is 0.258 e. The summed E-state index contributed by atoms with van der Waals surface area (Å²) in [5.74, 6) is 0.807. The van der Waals surface area contributed by atoms with E-state index in [-0.39, 0.29) is 5.69 Å². The highest BCUT2D eigenvalue weighted by Gasteiger charge is 2.11. The summed E-state index contributed by atoms with van der Waals surface area (Å²) in [6.07, 6.45) is 3.50. The summed E-state index contributed by atoms with van der Waals surface area (Å²) in [4.78, 5) is 19.0. The monoisotopic (exact) mass is 321 g/mol. The van der Waals surface area contributed by atoms with Gasteiger partial charge in [0.25, 0.3) is 5.69 Å². The maximum Gasteiger partial charge on any atom is 0.270 e. The molecule has 0 fully saturated rings. The Bertz CT molecular complexity index is 798. The summed E-state index contributed by atoms with van der Waals surface area (Å²) < 4.78 is 3.23. The van der Waals surface area contributed by atoms with Gasteiger partial charge in [-0.1, -0.05) is 6.92 Å². The number of hydrogen-bond acceptors (Lipinski definition) is 7. The van der Waals surface area contributed by atoms with Crippen molar-refractivity contribution >= 4 is 39.2 Å². The SMILES string of the molecule is CCCc1ncn(Sc2nc3ccc([N+](=O)[O-])cc3s2)n1. The fourth-order valence-electron chi connectivity index (χ4n) is 1.79. The van der Waals surface area contributed by atoms with Crippen LogP contribution in [-0.4, -0.2) is 24.1 Å². The Kier molecular flexibility index (Phi) is 3.84. The maximum absolute atomic E-state index is 10.8. The molecular weight excluding hydrogens is 310 g/mol. The Hall–Kier alpha value is -2.00. The Morgan fingerprint density at radius 1 is 1.48 bits per heavy atom.